The quantitative estimate of drug-likeness (QED) is 0.517. The van der Waals surface area contributed by atoms with E-state index in [1.807, 2.05) is 0 Å². The third kappa shape index (κ3) is 6.73. The second-order valence-electron chi connectivity index (χ2n) is 7.49. The average molecular weight is 380 g/mol. The zero-order valence-electron chi connectivity index (χ0n) is 16.8. The predicted molar refractivity (Wildman–Crippen MR) is 103 cm³/mol. The van der Waals surface area contributed by atoms with Crippen LogP contribution in [-0.2, 0) is 19.1 Å². The van der Waals surface area contributed by atoms with E-state index in [0.29, 0.717) is 19.3 Å². The van der Waals surface area contributed by atoms with E-state index >= 15 is 0 Å². The molecule has 1 saturated heterocycles. The predicted octanol–water partition coefficient (Wildman–Crippen LogP) is 2.95. The number of rotatable bonds is 8. The zero-order chi connectivity index (χ0) is 20.6. The molecule has 0 bridgehead atoms. The molecule has 0 aromatic carbocycles. The number of nitrogens with one attached hydrogen (secondary N) is 1. The molecule has 0 radical (unpaired) electrons. The molecule has 1 rings (SSSR count). The number of carbonyl (C=O) groups excluding carboxylic acids is 3. The third-order valence-electron chi connectivity index (χ3n) is 4.15. The Balaban J connectivity index is 3.02. The Morgan fingerprint density at radius 1 is 1.22 bits per heavy atom. The lowest BCUT2D eigenvalue weighted by Crippen LogP contribution is -2.54. The number of carbonyl (C=O) groups is 3. The van der Waals surface area contributed by atoms with E-state index in [0.717, 1.165) is 0 Å². The van der Waals surface area contributed by atoms with Gasteiger partial charge in [0, 0.05) is 6.04 Å². The van der Waals surface area contributed by atoms with Gasteiger partial charge >= 0.3 is 12.1 Å². The average Bonchev–Trinajstić information content (AvgIpc) is 2.96. The van der Waals surface area contributed by atoms with Crippen molar-refractivity contribution in [1.82, 2.24) is 10.2 Å². The first-order valence-electron chi connectivity index (χ1n) is 9.34. The zero-order valence-corrected chi connectivity index (χ0v) is 16.8. The number of amides is 2. The molecule has 0 aliphatic carbocycles. The fourth-order valence-electron chi connectivity index (χ4n) is 3.13. The largest absolute Gasteiger partial charge is 0.464 e. The van der Waals surface area contributed by atoms with Gasteiger partial charge in [0.15, 0.2) is 0 Å². The van der Waals surface area contributed by atoms with Gasteiger partial charge in [-0.25, -0.2) is 9.59 Å². The first-order chi connectivity index (χ1) is 12.6. The number of hydrogen-bond donors (Lipinski definition) is 1. The molecule has 7 nitrogen and oxygen atoms in total. The van der Waals surface area contributed by atoms with Crippen molar-refractivity contribution in [1.29, 1.82) is 0 Å². The maximum Gasteiger partial charge on any atom is 0.408 e. The minimum absolute atomic E-state index is 0.155. The maximum atomic E-state index is 13.2. The van der Waals surface area contributed by atoms with Crippen molar-refractivity contribution in [2.75, 3.05) is 6.61 Å². The monoisotopic (exact) mass is 380 g/mol. The second kappa shape index (κ2) is 10.1. The molecule has 0 spiro atoms. The Kier molecular flexibility index (Phi) is 8.53. The molecule has 0 aromatic heterocycles. The first-order valence-corrected chi connectivity index (χ1v) is 9.34. The summed E-state index contributed by atoms with van der Waals surface area (Å²) in [4.78, 5) is 39.2. The Hall–Kier alpha value is -2.31. The molecule has 1 aliphatic heterocycles. The summed E-state index contributed by atoms with van der Waals surface area (Å²) in [5.74, 6) is -0.768. The van der Waals surface area contributed by atoms with Gasteiger partial charge in [0.1, 0.15) is 17.7 Å². The Bertz CT molecular complexity index is 567. The van der Waals surface area contributed by atoms with Crippen molar-refractivity contribution in [2.45, 2.75) is 77.1 Å². The van der Waals surface area contributed by atoms with Gasteiger partial charge in [0.05, 0.1) is 6.61 Å². The Morgan fingerprint density at radius 3 is 2.41 bits per heavy atom. The van der Waals surface area contributed by atoms with Crippen LogP contribution < -0.4 is 5.32 Å². The van der Waals surface area contributed by atoms with Crippen molar-refractivity contribution < 1.29 is 23.9 Å². The van der Waals surface area contributed by atoms with Gasteiger partial charge in [-0.2, -0.15) is 0 Å². The van der Waals surface area contributed by atoms with Crippen LogP contribution in [0.25, 0.3) is 0 Å². The third-order valence-corrected chi connectivity index (χ3v) is 4.15. The summed E-state index contributed by atoms with van der Waals surface area (Å²) >= 11 is 0. The van der Waals surface area contributed by atoms with Gasteiger partial charge in [-0.05, 0) is 53.4 Å². The lowest BCUT2D eigenvalue weighted by Gasteiger charge is -2.32. The lowest BCUT2D eigenvalue weighted by atomic mass is 10.1. The summed E-state index contributed by atoms with van der Waals surface area (Å²) in [6, 6.07) is -1.67. The molecule has 0 aromatic rings. The highest BCUT2D eigenvalue weighted by Gasteiger charge is 2.43. The molecule has 3 atom stereocenters. The molecule has 0 saturated carbocycles. The van der Waals surface area contributed by atoms with Crippen LogP contribution in [0, 0.1) is 0 Å². The van der Waals surface area contributed by atoms with Gasteiger partial charge in [-0.1, -0.05) is 12.2 Å². The van der Waals surface area contributed by atoms with E-state index < -0.39 is 29.7 Å². The van der Waals surface area contributed by atoms with Gasteiger partial charge in [-0.15, -0.1) is 13.2 Å². The summed E-state index contributed by atoms with van der Waals surface area (Å²) in [6.07, 6.45) is 4.58. The standard InChI is InChI=1S/C20H32N2O5/c1-7-10-14-12-13-16(18(24)26-9-3)22(14)17(23)15(11-8-2)21-19(25)27-20(4,5)6/h7-8,14-16H,1-2,9-13H2,3-6H3,(H,21,25)/t14?,15-,16-/m0/s1. The molecule has 152 valence electrons. The fourth-order valence-corrected chi connectivity index (χ4v) is 3.13. The van der Waals surface area contributed by atoms with Crippen LogP contribution in [0.15, 0.2) is 25.3 Å². The summed E-state index contributed by atoms with van der Waals surface area (Å²) in [6.45, 7) is 14.6. The number of likely N-dealkylation sites (tertiary alicyclic amines) is 1. The highest BCUT2D eigenvalue weighted by molar-refractivity contribution is 5.90. The molecule has 1 unspecified atom stereocenters. The van der Waals surface area contributed by atoms with Crippen molar-refractivity contribution in [3.05, 3.63) is 25.3 Å². The molecule has 2 amide bonds. The van der Waals surface area contributed by atoms with Gasteiger partial charge in [-0.3, -0.25) is 4.79 Å². The SMILES string of the molecule is C=CCC1CC[C@@H](C(=O)OCC)N1C(=O)[C@H](CC=C)NC(=O)OC(C)(C)C. The van der Waals surface area contributed by atoms with Crippen molar-refractivity contribution in [2.24, 2.45) is 0 Å². The summed E-state index contributed by atoms with van der Waals surface area (Å²) < 4.78 is 10.4. The number of esters is 1. The summed E-state index contributed by atoms with van der Waals surface area (Å²) in [7, 11) is 0. The number of hydrogen-bond acceptors (Lipinski definition) is 5. The second-order valence-corrected chi connectivity index (χ2v) is 7.49. The molecular formula is C20H32N2O5. The molecule has 7 heteroatoms. The first kappa shape index (κ1) is 22.7. The topological polar surface area (TPSA) is 84.9 Å². The van der Waals surface area contributed by atoms with Gasteiger partial charge < -0.3 is 19.7 Å². The Morgan fingerprint density at radius 2 is 1.89 bits per heavy atom. The van der Waals surface area contributed by atoms with Crippen molar-refractivity contribution in [3.8, 4) is 0 Å². The summed E-state index contributed by atoms with van der Waals surface area (Å²) in [5, 5.41) is 2.60. The minimum Gasteiger partial charge on any atom is -0.464 e. The van der Waals surface area contributed by atoms with Crippen LogP contribution in [-0.4, -0.2) is 53.2 Å². The number of alkyl carbamates (subject to hydrolysis) is 1. The van der Waals surface area contributed by atoms with E-state index in [1.54, 1.807) is 39.8 Å². The van der Waals surface area contributed by atoms with Crippen LogP contribution in [0.2, 0.25) is 0 Å². The molecular weight excluding hydrogens is 348 g/mol. The van der Waals surface area contributed by atoms with E-state index in [2.05, 4.69) is 18.5 Å². The molecule has 1 aliphatic rings. The molecule has 1 N–H and O–H groups in total. The number of ether oxygens (including phenoxy) is 2. The fraction of sp³-hybridized carbons (Fsp3) is 0.650. The smallest absolute Gasteiger partial charge is 0.408 e. The lowest BCUT2D eigenvalue weighted by molar-refractivity contribution is -0.154. The van der Waals surface area contributed by atoms with Crippen LogP contribution in [0.5, 0.6) is 0 Å². The maximum absolute atomic E-state index is 13.2. The summed E-state index contributed by atoms with van der Waals surface area (Å²) in [5.41, 5.74) is -0.682. The van der Waals surface area contributed by atoms with Crippen LogP contribution in [0.1, 0.15) is 53.4 Å². The highest BCUT2D eigenvalue weighted by Crippen LogP contribution is 2.29. The van der Waals surface area contributed by atoms with Crippen LogP contribution in [0.4, 0.5) is 4.79 Å². The Labute approximate surface area is 161 Å². The van der Waals surface area contributed by atoms with Crippen molar-refractivity contribution in [3.63, 3.8) is 0 Å². The van der Waals surface area contributed by atoms with Gasteiger partial charge in [0.25, 0.3) is 0 Å². The minimum atomic E-state index is -0.861. The normalized spacial score (nSPS) is 20.5. The molecule has 27 heavy (non-hydrogen) atoms. The van der Waals surface area contributed by atoms with Gasteiger partial charge in [0.2, 0.25) is 5.91 Å². The van der Waals surface area contributed by atoms with E-state index in [-0.39, 0.29) is 25.0 Å². The highest BCUT2D eigenvalue weighted by atomic mass is 16.6. The number of nitrogens with zero attached hydrogens (tertiary/aromatic N) is 1. The molecule has 1 heterocycles. The van der Waals surface area contributed by atoms with Crippen LogP contribution >= 0.6 is 0 Å². The van der Waals surface area contributed by atoms with E-state index in [1.165, 1.54) is 4.90 Å². The van der Waals surface area contributed by atoms with E-state index in [4.69, 9.17) is 9.47 Å². The van der Waals surface area contributed by atoms with Crippen LogP contribution in [0.3, 0.4) is 0 Å². The van der Waals surface area contributed by atoms with E-state index in [9.17, 15) is 14.4 Å². The molecule has 1 fully saturated rings. The van der Waals surface area contributed by atoms with Crippen molar-refractivity contribution >= 4 is 18.0 Å².